The number of benzene rings is 1. The fraction of sp³-hybridized carbons (Fsp3) is 0.188. The highest BCUT2D eigenvalue weighted by molar-refractivity contribution is 6.41. The van der Waals surface area contributed by atoms with Crippen LogP contribution in [-0.4, -0.2) is 31.1 Å². The van der Waals surface area contributed by atoms with Gasteiger partial charge in [0.15, 0.2) is 0 Å². The highest BCUT2D eigenvalue weighted by Gasteiger charge is 2.14. The minimum atomic E-state index is -0.520. The number of halogens is 2. The predicted molar refractivity (Wildman–Crippen MR) is 89.8 cm³/mol. The maximum atomic E-state index is 12.1. The summed E-state index contributed by atoms with van der Waals surface area (Å²) in [5.41, 5.74) is 1.27. The number of amides is 1. The van der Waals surface area contributed by atoms with Gasteiger partial charge < -0.3 is 14.8 Å². The van der Waals surface area contributed by atoms with E-state index < -0.39 is 5.97 Å². The summed E-state index contributed by atoms with van der Waals surface area (Å²) in [4.78, 5) is 27.7. The van der Waals surface area contributed by atoms with Gasteiger partial charge in [-0.2, -0.15) is 0 Å². The number of aromatic nitrogens is 1. The first kappa shape index (κ1) is 18.0. The average Bonchev–Trinajstić information content (AvgIpc) is 2.60. The molecule has 8 heteroatoms. The van der Waals surface area contributed by atoms with E-state index in [0.29, 0.717) is 11.3 Å². The Balaban J connectivity index is 2.12. The number of ether oxygens (including phenoxy) is 2. The molecule has 1 aromatic carbocycles. The molecule has 0 aliphatic rings. The number of methoxy groups -OCH3 is 2. The zero-order valence-corrected chi connectivity index (χ0v) is 14.4. The zero-order chi connectivity index (χ0) is 17.7. The Morgan fingerprint density at radius 3 is 2.58 bits per heavy atom. The molecule has 24 heavy (non-hydrogen) atoms. The molecule has 0 bridgehead atoms. The van der Waals surface area contributed by atoms with Crippen molar-refractivity contribution >= 4 is 35.1 Å². The lowest BCUT2D eigenvalue weighted by atomic mass is 10.1. The molecule has 0 aliphatic heterocycles. The van der Waals surface area contributed by atoms with E-state index in [4.69, 9.17) is 32.7 Å². The van der Waals surface area contributed by atoms with Crippen LogP contribution in [0, 0.1) is 0 Å². The maximum Gasteiger partial charge on any atom is 0.341 e. The first-order valence-electron chi connectivity index (χ1n) is 6.80. The molecule has 0 unspecified atom stereocenters. The van der Waals surface area contributed by atoms with Crippen LogP contribution in [0.1, 0.15) is 26.3 Å². The van der Waals surface area contributed by atoms with Crippen molar-refractivity contribution < 1.29 is 19.1 Å². The van der Waals surface area contributed by atoms with Crippen LogP contribution in [0.5, 0.6) is 5.75 Å². The van der Waals surface area contributed by atoms with E-state index in [1.807, 2.05) is 0 Å². The molecule has 2 rings (SSSR count). The van der Waals surface area contributed by atoms with Crippen LogP contribution in [0.2, 0.25) is 10.2 Å². The van der Waals surface area contributed by atoms with Gasteiger partial charge in [0.2, 0.25) is 0 Å². The molecule has 0 fully saturated rings. The predicted octanol–water partition coefficient (Wildman–Crippen LogP) is 3.11. The third kappa shape index (κ3) is 4.15. The Morgan fingerprint density at radius 2 is 1.96 bits per heavy atom. The quantitative estimate of drug-likeness (QED) is 0.647. The molecule has 2 aromatic rings. The standard InChI is InChI=1S/C16H14Cl2N2O4/c1-23-13-4-3-9(5-11(13)16(22)24-2)7-20-15(21)10-6-12(17)14(18)19-8-10/h3-6,8H,7H2,1-2H3,(H,20,21). The lowest BCUT2D eigenvalue weighted by Gasteiger charge is -2.10. The Kier molecular flexibility index (Phi) is 6.00. The Hall–Kier alpha value is -2.31. The molecule has 0 radical (unpaired) electrons. The first-order chi connectivity index (χ1) is 11.5. The molecule has 0 spiro atoms. The van der Waals surface area contributed by atoms with Crippen molar-refractivity contribution in [2.75, 3.05) is 14.2 Å². The van der Waals surface area contributed by atoms with Crippen molar-refractivity contribution in [1.29, 1.82) is 0 Å². The molecule has 1 aromatic heterocycles. The number of hydrogen-bond acceptors (Lipinski definition) is 5. The van der Waals surface area contributed by atoms with Gasteiger partial charge in [-0.25, -0.2) is 9.78 Å². The van der Waals surface area contributed by atoms with Crippen molar-refractivity contribution in [2.45, 2.75) is 6.54 Å². The average molecular weight is 369 g/mol. The molecule has 1 heterocycles. The van der Waals surface area contributed by atoms with E-state index in [1.54, 1.807) is 18.2 Å². The lowest BCUT2D eigenvalue weighted by Crippen LogP contribution is -2.23. The molecule has 0 saturated carbocycles. The van der Waals surface area contributed by atoms with Crippen molar-refractivity contribution in [1.82, 2.24) is 10.3 Å². The fourth-order valence-corrected chi connectivity index (χ4v) is 2.23. The van der Waals surface area contributed by atoms with Gasteiger partial charge in [0.25, 0.3) is 5.91 Å². The summed E-state index contributed by atoms with van der Waals surface area (Å²) in [6.07, 6.45) is 1.33. The largest absolute Gasteiger partial charge is 0.496 e. The van der Waals surface area contributed by atoms with Gasteiger partial charge in [0.05, 0.1) is 24.8 Å². The molecule has 126 valence electrons. The highest BCUT2D eigenvalue weighted by atomic mass is 35.5. The van der Waals surface area contributed by atoms with Gasteiger partial charge in [0.1, 0.15) is 16.5 Å². The second-order valence-electron chi connectivity index (χ2n) is 4.71. The number of nitrogens with one attached hydrogen (secondary N) is 1. The third-order valence-corrected chi connectivity index (χ3v) is 3.87. The topological polar surface area (TPSA) is 77.5 Å². The fourth-order valence-electron chi connectivity index (χ4n) is 1.96. The molecular formula is C16H14Cl2N2O4. The number of carbonyl (C=O) groups is 2. The molecule has 0 saturated heterocycles. The van der Waals surface area contributed by atoms with E-state index in [1.165, 1.54) is 26.5 Å². The van der Waals surface area contributed by atoms with Crippen LogP contribution >= 0.6 is 23.2 Å². The molecule has 0 atom stereocenters. The van der Waals surface area contributed by atoms with Crippen LogP contribution in [0.25, 0.3) is 0 Å². The summed E-state index contributed by atoms with van der Waals surface area (Å²) in [6, 6.07) is 6.39. The molecular weight excluding hydrogens is 355 g/mol. The van der Waals surface area contributed by atoms with Crippen LogP contribution in [-0.2, 0) is 11.3 Å². The summed E-state index contributed by atoms with van der Waals surface area (Å²) in [7, 11) is 2.74. The van der Waals surface area contributed by atoms with Crippen LogP contribution in [0.3, 0.4) is 0 Å². The summed E-state index contributed by atoms with van der Waals surface area (Å²) in [6.45, 7) is 0.201. The summed E-state index contributed by atoms with van der Waals surface area (Å²) in [5, 5.41) is 3.04. The van der Waals surface area contributed by atoms with Gasteiger partial charge in [-0.05, 0) is 23.8 Å². The SMILES string of the molecule is COC(=O)c1cc(CNC(=O)c2cnc(Cl)c(Cl)c2)ccc1OC. The molecule has 6 nitrogen and oxygen atoms in total. The van der Waals surface area contributed by atoms with Crippen molar-refractivity contribution in [3.63, 3.8) is 0 Å². The zero-order valence-electron chi connectivity index (χ0n) is 12.9. The van der Waals surface area contributed by atoms with Crippen LogP contribution in [0.4, 0.5) is 0 Å². The number of nitrogens with zero attached hydrogens (tertiary/aromatic N) is 1. The highest BCUT2D eigenvalue weighted by Crippen LogP contribution is 2.21. The number of pyridine rings is 1. The van der Waals surface area contributed by atoms with Gasteiger partial charge >= 0.3 is 5.97 Å². The second kappa shape index (κ2) is 7.99. The summed E-state index contributed by atoms with van der Waals surface area (Å²) in [5.74, 6) is -0.490. The summed E-state index contributed by atoms with van der Waals surface area (Å²) < 4.78 is 9.83. The van der Waals surface area contributed by atoms with E-state index in [9.17, 15) is 9.59 Å². The van der Waals surface area contributed by atoms with E-state index in [-0.39, 0.29) is 33.8 Å². The Morgan fingerprint density at radius 1 is 1.21 bits per heavy atom. The number of carbonyl (C=O) groups excluding carboxylic acids is 2. The lowest BCUT2D eigenvalue weighted by molar-refractivity contribution is 0.0597. The molecule has 1 N–H and O–H groups in total. The Labute approximate surface area is 148 Å². The summed E-state index contributed by atoms with van der Waals surface area (Å²) >= 11 is 11.6. The second-order valence-corrected chi connectivity index (χ2v) is 5.47. The van der Waals surface area contributed by atoms with Crippen molar-refractivity contribution in [2.24, 2.45) is 0 Å². The monoisotopic (exact) mass is 368 g/mol. The molecule has 1 amide bonds. The maximum absolute atomic E-state index is 12.1. The van der Waals surface area contributed by atoms with E-state index in [2.05, 4.69) is 10.3 Å². The van der Waals surface area contributed by atoms with Crippen LogP contribution < -0.4 is 10.1 Å². The smallest absolute Gasteiger partial charge is 0.341 e. The normalized spacial score (nSPS) is 10.2. The van der Waals surface area contributed by atoms with E-state index >= 15 is 0 Å². The third-order valence-electron chi connectivity index (χ3n) is 3.18. The minimum absolute atomic E-state index is 0.131. The number of rotatable bonds is 5. The number of esters is 1. The van der Waals surface area contributed by atoms with Gasteiger partial charge in [-0.3, -0.25) is 4.79 Å². The van der Waals surface area contributed by atoms with Gasteiger partial charge in [0, 0.05) is 12.7 Å². The van der Waals surface area contributed by atoms with Crippen molar-refractivity contribution in [3.8, 4) is 5.75 Å². The Bertz CT molecular complexity index is 781. The number of hydrogen-bond donors (Lipinski definition) is 1. The van der Waals surface area contributed by atoms with Gasteiger partial charge in [-0.15, -0.1) is 0 Å². The van der Waals surface area contributed by atoms with Gasteiger partial charge in [-0.1, -0.05) is 29.3 Å². The van der Waals surface area contributed by atoms with Crippen LogP contribution in [0.15, 0.2) is 30.5 Å². The van der Waals surface area contributed by atoms with Crippen molar-refractivity contribution in [3.05, 3.63) is 57.3 Å². The molecule has 0 aliphatic carbocycles. The van der Waals surface area contributed by atoms with E-state index in [0.717, 1.165) is 0 Å². The first-order valence-corrected chi connectivity index (χ1v) is 7.56. The minimum Gasteiger partial charge on any atom is -0.496 e.